The average molecular weight is 590 g/mol. The van der Waals surface area contributed by atoms with Gasteiger partial charge in [-0.2, -0.15) is 5.12 Å². The van der Waals surface area contributed by atoms with Crippen molar-refractivity contribution in [2.45, 2.75) is 19.8 Å². The normalized spacial score (nSPS) is 12.3. The Hall–Kier alpha value is -5.80. The quantitative estimate of drug-likeness (QED) is 0.186. The second kappa shape index (κ2) is 9.35. The number of nitrogens with zero attached hydrogens (tertiary/aromatic N) is 3. The summed E-state index contributed by atoms with van der Waals surface area (Å²) < 4.78 is 4.85. The highest BCUT2D eigenvalue weighted by Crippen LogP contribution is 2.44. The highest BCUT2D eigenvalue weighted by Gasteiger charge is 2.25. The maximum absolute atomic E-state index is 2.44. The Balaban J connectivity index is 1.42. The smallest absolute Gasteiger partial charge is 0.0903 e. The third-order valence-corrected chi connectivity index (χ3v) is 10.0. The number of para-hydroxylation sites is 4. The highest BCUT2D eigenvalue weighted by molar-refractivity contribution is 6.26. The molecule has 0 aliphatic carbocycles. The Morgan fingerprint density at radius 3 is 1.26 bits per heavy atom. The van der Waals surface area contributed by atoms with Gasteiger partial charge < -0.3 is 0 Å². The van der Waals surface area contributed by atoms with Crippen LogP contribution in [0.15, 0.2) is 146 Å². The Morgan fingerprint density at radius 2 is 0.783 bits per heavy atom. The van der Waals surface area contributed by atoms with Crippen molar-refractivity contribution in [2.24, 2.45) is 0 Å². The monoisotopic (exact) mass is 589 g/mol. The molecular weight excluding hydrogens is 558 g/mol. The van der Waals surface area contributed by atoms with Crippen LogP contribution >= 0.6 is 0 Å². The van der Waals surface area contributed by atoms with Crippen LogP contribution in [0.4, 0.5) is 5.69 Å². The minimum atomic E-state index is 0.441. The fraction of sp³-hybridized carbons (Fsp3) is 0.0698. The molecule has 2 heterocycles. The summed E-state index contributed by atoms with van der Waals surface area (Å²) in [5.74, 6) is 0.441. The van der Waals surface area contributed by atoms with Crippen molar-refractivity contribution in [1.82, 2.24) is 9.35 Å². The summed E-state index contributed by atoms with van der Waals surface area (Å²) in [4.78, 5) is 0. The van der Waals surface area contributed by atoms with E-state index in [1.54, 1.807) is 0 Å². The van der Waals surface area contributed by atoms with Gasteiger partial charge in [0.05, 0.1) is 27.8 Å². The fourth-order valence-corrected chi connectivity index (χ4v) is 8.00. The number of anilines is 1. The maximum atomic E-state index is 2.44. The zero-order chi connectivity index (χ0) is 30.5. The van der Waals surface area contributed by atoms with Gasteiger partial charge in [0.1, 0.15) is 0 Å². The molecule has 3 heteroatoms. The molecule has 0 radical (unpaired) electrons. The standard InChI is InChI=1S/C43H31N3/c1-27(2)30-23-19-28-21-25-36-41(26-22-29-20-24-35(30)42(28)43(29)36)46(44-37-15-7-3-11-31(37)32-12-4-8-16-38(32)44)45-39-17-9-5-13-33(39)34-14-6-10-18-40(34)45/h3-27H,1-2H3. The minimum absolute atomic E-state index is 0.441. The maximum Gasteiger partial charge on any atom is 0.0903 e. The van der Waals surface area contributed by atoms with Crippen LogP contribution in [0.2, 0.25) is 0 Å². The van der Waals surface area contributed by atoms with Crippen LogP contribution in [0.1, 0.15) is 25.3 Å². The van der Waals surface area contributed by atoms with Gasteiger partial charge in [0.2, 0.25) is 0 Å². The molecule has 0 bridgehead atoms. The lowest BCUT2D eigenvalue weighted by Crippen LogP contribution is -2.34. The Labute approximate surface area is 266 Å². The van der Waals surface area contributed by atoms with Crippen LogP contribution in [0.5, 0.6) is 0 Å². The predicted molar refractivity (Wildman–Crippen MR) is 196 cm³/mol. The Bertz CT molecular complexity index is 2570. The molecule has 0 aliphatic rings. The van der Waals surface area contributed by atoms with Crippen molar-refractivity contribution in [3.63, 3.8) is 0 Å². The van der Waals surface area contributed by atoms with Gasteiger partial charge in [0.25, 0.3) is 0 Å². The van der Waals surface area contributed by atoms with Crippen molar-refractivity contribution in [2.75, 3.05) is 5.12 Å². The fourth-order valence-electron chi connectivity index (χ4n) is 8.00. The summed E-state index contributed by atoms with van der Waals surface area (Å²) in [6, 6.07) is 53.7. The minimum Gasteiger partial charge on any atom is -0.233 e. The third-order valence-electron chi connectivity index (χ3n) is 10.0. The molecule has 2 aromatic heterocycles. The van der Waals surface area contributed by atoms with Crippen LogP contribution in [-0.2, 0) is 0 Å². The van der Waals surface area contributed by atoms with Crippen molar-refractivity contribution in [3.8, 4) is 0 Å². The Morgan fingerprint density at radius 1 is 0.391 bits per heavy atom. The molecule has 0 saturated carbocycles. The molecule has 0 spiro atoms. The number of benzene rings is 8. The molecule has 10 rings (SSSR count). The largest absolute Gasteiger partial charge is 0.233 e. The lowest BCUT2D eigenvalue weighted by molar-refractivity contribution is 0.678. The van der Waals surface area contributed by atoms with Crippen molar-refractivity contribution >= 4 is 81.6 Å². The van der Waals surface area contributed by atoms with Gasteiger partial charge in [-0.1, -0.05) is 129 Å². The van der Waals surface area contributed by atoms with Gasteiger partial charge >= 0.3 is 0 Å². The van der Waals surface area contributed by atoms with Gasteiger partial charge in [-0.25, -0.2) is 9.35 Å². The van der Waals surface area contributed by atoms with Crippen molar-refractivity contribution in [3.05, 3.63) is 151 Å². The molecule has 0 atom stereocenters. The SMILES string of the molecule is CC(C)c1ccc2ccc3c(N(n4c5ccccc5c5ccccc54)n4c5ccccc5c5ccccc54)ccc4ccc1c2c43. The molecule has 46 heavy (non-hydrogen) atoms. The lowest BCUT2D eigenvalue weighted by atomic mass is 9.88. The molecule has 218 valence electrons. The predicted octanol–water partition coefficient (Wildman–Crippen LogP) is 11.7. The molecule has 0 amide bonds. The number of rotatable bonds is 4. The summed E-state index contributed by atoms with van der Waals surface area (Å²) in [6.45, 7) is 4.59. The lowest BCUT2D eigenvalue weighted by Gasteiger charge is -2.32. The molecular formula is C43H31N3. The summed E-state index contributed by atoms with van der Waals surface area (Å²) >= 11 is 0. The van der Waals surface area contributed by atoms with Crippen molar-refractivity contribution in [1.29, 1.82) is 0 Å². The number of hydrogen-bond acceptors (Lipinski definition) is 1. The van der Waals surface area contributed by atoms with Crippen LogP contribution in [0, 0.1) is 0 Å². The summed E-state index contributed by atoms with van der Waals surface area (Å²) in [7, 11) is 0. The van der Waals surface area contributed by atoms with Crippen molar-refractivity contribution < 1.29 is 0 Å². The topological polar surface area (TPSA) is 13.1 Å². The van der Waals surface area contributed by atoms with Gasteiger partial charge in [-0.05, 0) is 68.7 Å². The zero-order valence-corrected chi connectivity index (χ0v) is 25.8. The van der Waals surface area contributed by atoms with Gasteiger partial charge in [-0.3, -0.25) is 0 Å². The molecule has 0 fully saturated rings. The van der Waals surface area contributed by atoms with E-state index >= 15 is 0 Å². The van der Waals surface area contributed by atoms with E-state index < -0.39 is 0 Å². The van der Waals surface area contributed by atoms with Crippen LogP contribution in [-0.4, -0.2) is 9.35 Å². The second-order valence-electron chi connectivity index (χ2n) is 12.8. The second-order valence-corrected chi connectivity index (χ2v) is 12.8. The highest BCUT2D eigenvalue weighted by atomic mass is 15.8. The van der Waals surface area contributed by atoms with Crippen LogP contribution < -0.4 is 5.12 Å². The van der Waals surface area contributed by atoms with Gasteiger partial charge in [0.15, 0.2) is 0 Å². The first-order valence-electron chi connectivity index (χ1n) is 16.2. The molecule has 3 nitrogen and oxygen atoms in total. The molecule has 10 aromatic rings. The molecule has 8 aromatic carbocycles. The average Bonchev–Trinajstić information content (AvgIpc) is 3.61. The summed E-state index contributed by atoms with van der Waals surface area (Å²) in [6.07, 6.45) is 0. The van der Waals surface area contributed by atoms with E-state index in [0.29, 0.717) is 5.92 Å². The first-order valence-corrected chi connectivity index (χ1v) is 16.2. The number of hydrogen-bond donors (Lipinski definition) is 0. The number of aromatic nitrogens is 2. The van der Waals surface area contributed by atoms with Crippen LogP contribution in [0.3, 0.4) is 0 Å². The van der Waals surface area contributed by atoms with E-state index in [-0.39, 0.29) is 0 Å². The van der Waals surface area contributed by atoms with Gasteiger partial charge in [0, 0.05) is 26.9 Å². The van der Waals surface area contributed by atoms with E-state index in [0.717, 1.165) is 5.69 Å². The molecule has 0 N–H and O–H groups in total. The Kier molecular flexibility index (Phi) is 5.19. The van der Waals surface area contributed by atoms with E-state index in [1.165, 1.54) is 81.5 Å². The van der Waals surface area contributed by atoms with Crippen LogP contribution in [0.25, 0.3) is 75.9 Å². The summed E-state index contributed by atoms with van der Waals surface area (Å²) in [5.41, 5.74) is 7.19. The van der Waals surface area contributed by atoms with Gasteiger partial charge in [-0.15, -0.1) is 0 Å². The first-order chi connectivity index (χ1) is 22.7. The summed E-state index contributed by atoms with van der Waals surface area (Å²) in [5, 5.41) is 15.2. The molecule has 0 unspecified atom stereocenters. The van der Waals surface area contributed by atoms with E-state index in [2.05, 4.69) is 174 Å². The first kappa shape index (κ1) is 25.5. The third kappa shape index (κ3) is 3.32. The van der Waals surface area contributed by atoms with E-state index in [4.69, 9.17) is 0 Å². The van der Waals surface area contributed by atoms with E-state index in [1.807, 2.05) is 0 Å². The number of fused-ring (bicyclic) bond motifs is 6. The zero-order valence-electron chi connectivity index (χ0n) is 25.8. The molecule has 0 saturated heterocycles. The molecule has 0 aliphatic heterocycles. The van der Waals surface area contributed by atoms with E-state index in [9.17, 15) is 0 Å².